The van der Waals surface area contributed by atoms with Crippen LogP contribution >= 0.6 is 0 Å². The molecular formula is C22H31N3O6. The zero-order valence-corrected chi connectivity index (χ0v) is 19.0. The fourth-order valence-corrected chi connectivity index (χ4v) is 3.06. The Kier molecular flexibility index (Phi) is 7.41. The van der Waals surface area contributed by atoms with Gasteiger partial charge in [-0.25, -0.2) is 14.6 Å². The molecular weight excluding hydrogens is 402 g/mol. The fraction of sp³-hybridized carbons (Fsp3) is 0.591. The number of nitrogens with zero attached hydrogens (tertiary/aromatic N) is 2. The highest BCUT2D eigenvalue weighted by molar-refractivity contribution is 6.44. The smallest absolute Gasteiger partial charge is 0.413 e. The molecule has 0 aromatic carbocycles. The number of piperidine rings is 1. The number of carbonyl (C=O) groups is 4. The van der Waals surface area contributed by atoms with Gasteiger partial charge in [0, 0.05) is 30.8 Å². The second-order valence-corrected chi connectivity index (χ2v) is 9.52. The van der Waals surface area contributed by atoms with Crippen LogP contribution in [0, 0.1) is 5.92 Å². The van der Waals surface area contributed by atoms with E-state index in [2.05, 4.69) is 10.3 Å². The number of ketones is 2. The van der Waals surface area contributed by atoms with Gasteiger partial charge < -0.3 is 14.4 Å². The Balaban J connectivity index is 2.05. The Hall–Kier alpha value is -2.97. The Labute approximate surface area is 182 Å². The zero-order valence-electron chi connectivity index (χ0n) is 19.0. The van der Waals surface area contributed by atoms with Crippen LogP contribution in [0.3, 0.4) is 0 Å². The van der Waals surface area contributed by atoms with E-state index < -0.39 is 40.9 Å². The lowest BCUT2D eigenvalue weighted by molar-refractivity contribution is -0.120. The SMILES string of the molecule is CC(C)(C)OC(=O)Nc1cc(C(=O)C(=O)[C@H]2CCCN(C(=O)OC(C)(C)C)C2)ccn1. The van der Waals surface area contributed by atoms with Gasteiger partial charge in [-0.2, -0.15) is 0 Å². The molecule has 0 aliphatic carbocycles. The van der Waals surface area contributed by atoms with Crippen LogP contribution in [0.15, 0.2) is 18.3 Å². The molecule has 9 nitrogen and oxygen atoms in total. The summed E-state index contributed by atoms with van der Waals surface area (Å²) in [5.74, 6) is -1.77. The average Bonchev–Trinajstić information content (AvgIpc) is 2.64. The maximum Gasteiger partial charge on any atom is 0.413 e. The van der Waals surface area contributed by atoms with Crippen molar-refractivity contribution < 1.29 is 28.7 Å². The number of nitrogens with one attached hydrogen (secondary N) is 1. The van der Waals surface area contributed by atoms with Gasteiger partial charge in [-0.05, 0) is 66.5 Å². The first-order valence-corrected chi connectivity index (χ1v) is 10.3. The molecule has 2 heterocycles. The Morgan fingerprint density at radius 2 is 1.71 bits per heavy atom. The highest BCUT2D eigenvalue weighted by Gasteiger charge is 2.34. The van der Waals surface area contributed by atoms with E-state index in [1.54, 1.807) is 41.5 Å². The summed E-state index contributed by atoms with van der Waals surface area (Å²) < 4.78 is 10.5. The molecule has 31 heavy (non-hydrogen) atoms. The Bertz CT molecular complexity index is 854. The number of aromatic nitrogens is 1. The number of amides is 2. The summed E-state index contributed by atoms with van der Waals surface area (Å²) in [5.41, 5.74) is -1.21. The minimum atomic E-state index is -0.712. The summed E-state index contributed by atoms with van der Waals surface area (Å²) in [7, 11) is 0. The number of carbonyl (C=O) groups excluding carboxylic acids is 4. The summed E-state index contributed by atoms with van der Waals surface area (Å²) in [6.07, 6.45) is 1.24. The first kappa shape index (κ1) is 24.3. The van der Waals surface area contributed by atoms with Gasteiger partial charge in [0.25, 0.3) is 0 Å². The summed E-state index contributed by atoms with van der Waals surface area (Å²) in [6, 6.07) is 2.74. The third kappa shape index (κ3) is 7.66. The van der Waals surface area contributed by atoms with Gasteiger partial charge in [0.2, 0.25) is 11.6 Å². The molecule has 1 atom stereocenters. The number of ether oxygens (including phenoxy) is 2. The summed E-state index contributed by atoms with van der Waals surface area (Å²) >= 11 is 0. The zero-order chi connectivity index (χ0) is 23.4. The van der Waals surface area contributed by atoms with Crippen LogP contribution in [-0.4, -0.2) is 57.9 Å². The van der Waals surface area contributed by atoms with Gasteiger partial charge in [0.15, 0.2) is 0 Å². The lowest BCUT2D eigenvalue weighted by Gasteiger charge is -2.33. The first-order valence-electron chi connectivity index (χ1n) is 10.3. The lowest BCUT2D eigenvalue weighted by atomic mass is 9.90. The van der Waals surface area contributed by atoms with Crippen molar-refractivity contribution in [2.75, 3.05) is 18.4 Å². The number of hydrogen-bond donors (Lipinski definition) is 1. The Morgan fingerprint density at radius 3 is 2.32 bits per heavy atom. The maximum atomic E-state index is 12.8. The second-order valence-electron chi connectivity index (χ2n) is 9.52. The molecule has 1 N–H and O–H groups in total. The van der Waals surface area contributed by atoms with Crippen molar-refractivity contribution >= 4 is 29.6 Å². The first-order chi connectivity index (χ1) is 14.2. The maximum absolute atomic E-state index is 12.8. The molecule has 1 saturated heterocycles. The topological polar surface area (TPSA) is 115 Å². The molecule has 2 amide bonds. The summed E-state index contributed by atoms with van der Waals surface area (Å²) in [6.45, 7) is 11.1. The van der Waals surface area contributed by atoms with Crippen LogP contribution in [0.1, 0.15) is 64.7 Å². The van der Waals surface area contributed by atoms with Crippen molar-refractivity contribution in [1.82, 2.24) is 9.88 Å². The van der Waals surface area contributed by atoms with E-state index in [9.17, 15) is 19.2 Å². The summed E-state index contributed by atoms with van der Waals surface area (Å²) in [5, 5.41) is 2.45. The van der Waals surface area contributed by atoms with Crippen molar-refractivity contribution in [1.29, 1.82) is 0 Å². The monoisotopic (exact) mass is 433 g/mol. The van der Waals surface area contributed by atoms with Gasteiger partial charge >= 0.3 is 12.2 Å². The molecule has 1 fully saturated rings. The van der Waals surface area contributed by atoms with Gasteiger partial charge in [0.05, 0.1) is 0 Å². The van der Waals surface area contributed by atoms with Gasteiger partial charge in [-0.3, -0.25) is 14.9 Å². The molecule has 0 spiro atoms. The van der Waals surface area contributed by atoms with Gasteiger partial charge in [-0.1, -0.05) is 0 Å². The minimum Gasteiger partial charge on any atom is -0.444 e. The number of rotatable bonds is 4. The molecule has 1 aromatic rings. The predicted molar refractivity (Wildman–Crippen MR) is 114 cm³/mol. The van der Waals surface area contributed by atoms with Crippen molar-refractivity contribution in [3.8, 4) is 0 Å². The predicted octanol–water partition coefficient (Wildman–Crippen LogP) is 3.83. The lowest BCUT2D eigenvalue weighted by Crippen LogP contribution is -2.45. The highest BCUT2D eigenvalue weighted by Crippen LogP contribution is 2.22. The van der Waals surface area contributed by atoms with Crippen molar-refractivity contribution in [2.24, 2.45) is 5.92 Å². The molecule has 0 unspecified atom stereocenters. The van der Waals surface area contributed by atoms with Crippen LogP contribution in [0.25, 0.3) is 0 Å². The minimum absolute atomic E-state index is 0.104. The van der Waals surface area contributed by atoms with E-state index >= 15 is 0 Å². The van der Waals surface area contributed by atoms with E-state index in [1.807, 2.05) is 0 Å². The van der Waals surface area contributed by atoms with Gasteiger partial charge in [-0.15, -0.1) is 0 Å². The third-order valence-corrected chi connectivity index (χ3v) is 4.32. The van der Waals surface area contributed by atoms with E-state index in [4.69, 9.17) is 9.47 Å². The quantitative estimate of drug-likeness (QED) is 0.567. The molecule has 0 saturated carbocycles. The summed E-state index contributed by atoms with van der Waals surface area (Å²) in [4.78, 5) is 55.3. The van der Waals surface area contributed by atoms with Crippen LogP contribution in [0.5, 0.6) is 0 Å². The normalized spacial score (nSPS) is 17.0. The number of likely N-dealkylation sites (tertiary alicyclic amines) is 1. The Morgan fingerprint density at radius 1 is 1.06 bits per heavy atom. The molecule has 1 aliphatic rings. The van der Waals surface area contributed by atoms with Crippen LogP contribution < -0.4 is 5.32 Å². The molecule has 1 aliphatic heterocycles. The average molecular weight is 434 g/mol. The third-order valence-electron chi connectivity index (χ3n) is 4.32. The van der Waals surface area contributed by atoms with Crippen LogP contribution in [-0.2, 0) is 14.3 Å². The second kappa shape index (κ2) is 9.45. The molecule has 0 bridgehead atoms. The van der Waals surface area contributed by atoms with E-state index in [0.29, 0.717) is 19.4 Å². The van der Waals surface area contributed by atoms with Crippen molar-refractivity contribution in [3.63, 3.8) is 0 Å². The van der Waals surface area contributed by atoms with E-state index in [1.165, 1.54) is 23.2 Å². The van der Waals surface area contributed by atoms with Crippen LogP contribution in [0.2, 0.25) is 0 Å². The number of anilines is 1. The number of hydrogen-bond acceptors (Lipinski definition) is 7. The number of Topliss-reactive ketones (excluding diaryl/α,β-unsaturated/α-hetero) is 2. The largest absolute Gasteiger partial charge is 0.444 e. The van der Waals surface area contributed by atoms with Crippen molar-refractivity contribution in [3.05, 3.63) is 23.9 Å². The molecule has 9 heteroatoms. The van der Waals surface area contributed by atoms with Crippen LogP contribution in [0.4, 0.5) is 15.4 Å². The standard InChI is InChI=1S/C22H31N3O6/c1-21(2,3)30-19(28)24-16-12-14(9-10-23-16)17(26)18(27)15-8-7-11-25(13-15)20(29)31-22(4,5)6/h9-10,12,15H,7-8,11,13H2,1-6H3,(H,23,24,28)/t15-/m0/s1. The molecule has 170 valence electrons. The number of pyridine rings is 1. The molecule has 1 aromatic heterocycles. The van der Waals surface area contributed by atoms with Gasteiger partial charge in [0.1, 0.15) is 17.0 Å². The van der Waals surface area contributed by atoms with Crippen molar-refractivity contribution in [2.45, 2.75) is 65.6 Å². The van der Waals surface area contributed by atoms with E-state index in [0.717, 1.165) is 0 Å². The molecule has 2 rings (SSSR count). The molecule has 0 radical (unpaired) electrons. The highest BCUT2D eigenvalue weighted by atomic mass is 16.6. The van der Waals surface area contributed by atoms with E-state index in [-0.39, 0.29) is 17.9 Å². The fourth-order valence-electron chi connectivity index (χ4n) is 3.06.